The van der Waals surface area contributed by atoms with Gasteiger partial charge in [-0.05, 0) is 74.4 Å². The van der Waals surface area contributed by atoms with E-state index in [1.807, 2.05) is 18.2 Å². The van der Waals surface area contributed by atoms with E-state index in [1.165, 1.54) is 42.7 Å². The average Bonchev–Trinajstić information content (AvgIpc) is 3.30. The zero-order valence-corrected chi connectivity index (χ0v) is 24.0. The first-order chi connectivity index (χ1) is 19.2. The number of carbonyl (C=O) groups is 4. The third-order valence-corrected chi connectivity index (χ3v) is 8.93. The second-order valence-electron chi connectivity index (χ2n) is 9.45. The van der Waals surface area contributed by atoms with Crippen LogP contribution in [0.2, 0.25) is 0 Å². The molecule has 10 heteroatoms. The molecule has 3 N–H and O–H groups in total. The molecule has 1 aliphatic rings. The largest absolute Gasteiger partial charge is 0.478 e. The summed E-state index contributed by atoms with van der Waals surface area (Å²) < 4.78 is 5.07. The van der Waals surface area contributed by atoms with Gasteiger partial charge in [-0.15, -0.1) is 23.1 Å². The van der Waals surface area contributed by atoms with Crippen molar-refractivity contribution >= 4 is 57.5 Å². The number of benzene rings is 2. The third-order valence-electron chi connectivity index (χ3n) is 6.65. The minimum Gasteiger partial charge on any atom is -0.478 e. The number of carboxylic acids is 1. The average molecular weight is 579 g/mol. The lowest BCUT2D eigenvalue weighted by Crippen LogP contribution is -2.23. The first kappa shape index (κ1) is 29.1. The minimum absolute atomic E-state index is 0.0672. The summed E-state index contributed by atoms with van der Waals surface area (Å²) in [4.78, 5) is 50.7. The number of thioether (sulfide) groups is 1. The molecule has 0 bridgehead atoms. The van der Waals surface area contributed by atoms with Crippen LogP contribution in [0.4, 0.5) is 10.7 Å². The Hall–Kier alpha value is -3.89. The molecule has 4 rings (SSSR count). The Bertz CT molecular complexity index is 1450. The molecule has 0 unspecified atom stereocenters. The Labute approximate surface area is 240 Å². The summed E-state index contributed by atoms with van der Waals surface area (Å²) >= 11 is 2.79. The lowest BCUT2D eigenvalue weighted by atomic mass is 9.83. The molecule has 0 aliphatic heterocycles. The molecule has 3 aromatic rings. The maximum absolute atomic E-state index is 13.2. The number of hydrogen-bond acceptors (Lipinski definition) is 7. The van der Waals surface area contributed by atoms with E-state index in [0.29, 0.717) is 22.2 Å². The van der Waals surface area contributed by atoms with Crippen LogP contribution in [0.5, 0.6) is 0 Å². The highest BCUT2D eigenvalue weighted by Crippen LogP contribution is 2.43. The number of anilines is 2. The Kier molecular flexibility index (Phi) is 9.44. The molecule has 2 aromatic carbocycles. The number of carboxylic acid groups (broad SMARTS) is 1. The lowest BCUT2D eigenvalue weighted by Gasteiger charge is -2.22. The van der Waals surface area contributed by atoms with Crippen molar-refractivity contribution in [1.29, 1.82) is 0 Å². The highest BCUT2D eigenvalue weighted by atomic mass is 32.2. The number of amides is 2. The second kappa shape index (κ2) is 13.0. The molecule has 0 radical (unpaired) electrons. The molecule has 2 atom stereocenters. The van der Waals surface area contributed by atoms with Crippen molar-refractivity contribution in [3.8, 4) is 0 Å². The zero-order valence-electron chi connectivity index (χ0n) is 22.4. The van der Waals surface area contributed by atoms with Gasteiger partial charge < -0.3 is 20.5 Å². The van der Waals surface area contributed by atoms with E-state index in [4.69, 9.17) is 9.84 Å². The van der Waals surface area contributed by atoms with Gasteiger partial charge in [-0.2, -0.15) is 0 Å². The van der Waals surface area contributed by atoms with Crippen LogP contribution in [-0.4, -0.2) is 41.2 Å². The molecule has 0 fully saturated rings. The monoisotopic (exact) mass is 578 g/mol. The van der Waals surface area contributed by atoms with Crippen molar-refractivity contribution < 1.29 is 29.0 Å². The quantitative estimate of drug-likeness (QED) is 0.164. The van der Waals surface area contributed by atoms with Gasteiger partial charge >= 0.3 is 11.9 Å². The fourth-order valence-corrected chi connectivity index (χ4v) is 6.71. The highest BCUT2D eigenvalue weighted by Gasteiger charge is 2.31. The van der Waals surface area contributed by atoms with E-state index in [0.717, 1.165) is 40.7 Å². The van der Waals surface area contributed by atoms with Crippen LogP contribution < -0.4 is 10.6 Å². The van der Waals surface area contributed by atoms with Crippen molar-refractivity contribution in [3.63, 3.8) is 0 Å². The molecule has 1 aromatic heterocycles. The standard InChI is InChI=1S/C30H30N2O6S2/c1-17(29(35)36)15-25(33)31-21-10-12-22(13-11-21)39-18(2)27(34)32-28-26(30(37)38-3)23-14-9-20(16-24(23)40-28)19-7-5-4-6-8-19/h4-8,10-13,15,18,20H,9,14,16H2,1-3H3,(H,31,33)(H,32,34)(H,35,36)/b17-15+/t18-,20-/m1/s1. The van der Waals surface area contributed by atoms with E-state index < -0.39 is 23.1 Å². The zero-order chi connectivity index (χ0) is 28.8. The van der Waals surface area contributed by atoms with Crippen LogP contribution in [-0.2, 0) is 32.0 Å². The van der Waals surface area contributed by atoms with Crippen molar-refractivity contribution in [1.82, 2.24) is 0 Å². The number of carbonyl (C=O) groups excluding carboxylic acids is 3. The SMILES string of the molecule is COC(=O)c1c(NC(=O)[C@@H](C)Sc2ccc(NC(=O)/C=C(\C)C(=O)O)cc2)sc2c1CC[C@@H](c1ccccc1)C2. The molecule has 40 heavy (non-hydrogen) atoms. The minimum atomic E-state index is -1.16. The Morgan fingerprint density at radius 1 is 1.07 bits per heavy atom. The molecular formula is C30H30N2O6S2. The number of methoxy groups -OCH3 is 1. The fraction of sp³-hybridized carbons (Fsp3) is 0.267. The number of rotatable bonds is 9. The van der Waals surface area contributed by atoms with Gasteiger partial charge in [-0.1, -0.05) is 30.3 Å². The molecule has 0 spiro atoms. The van der Waals surface area contributed by atoms with Crippen molar-refractivity contribution in [2.75, 3.05) is 17.7 Å². The van der Waals surface area contributed by atoms with Gasteiger partial charge in [0.2, 0.25) is 11.8 Å². The molecule has 1 heterocycles. The number of fused-ring (bicyclic) bond motifs is 1. The summed E-state index contributed by atoms with van der Waals surface area (Å²) in [6, 6.07) is 17.2. The Morgan fingerprint density at radius 2 is 1.77 bits per heavy atom. The molecule has 0 saturated heterocycles. The van der Waals surface area contributed by atoms with Crippen LogP contribution in [0, 0.1) is 0 Å². The number of thiophene rings is 1. The summed E-state index contributed by atoms with van der Waals surface area (Å²) in [6.45, 7) is 3.13. The first-order valence-electron chi connectivity index (χ1n) is 12.7. The predicted octanol–water partition coefficient (Wildman–Crippen LogP) is 5.90. The summed E-state index contributed by atoms with van der Waals surface area (Å²) in [5.74, 6) is -2.02. The number of nitrogens with one attached hydrogen (secondary N) is 2. The van der Waals surface area contributed by atoms with E-state index in [2.05, 4.69) is 22.8 Å². The van der Waals surface area contributed by atoms with E-state index in [9.17, 15) is 19.2 Å². The number of hydrogen-bond donors (Lipinski definition) is 3. The van der Waals surface area contributed by atoms with Crippen molar-refractivity contribution in [2.45, 2.75) is 49.2 Å². The van der Waals surface area contributed by atoms with E-state index in [1.54, 1.807) is 31.2 Å². The Balaban J connectivity index is 1.42. The van der Waals surface area contributed by atoms with Crippen LogP contribution in [0.25, 0.3) is 0 Å². The highest BCUT2D eigenvalue weighted by molar-refractivity contribution is 8.00. The molecular weight excluding hydrogens is 548 g/mol. The lowest BCUT2D eigenvalue weighted by molar-refractivity contribution is -0.132. The fourth-order valence-electron chi connectivity index (χ4n) is 4.53. The topological polar surface area (TPSA) is 122 Å². The molecule has 8 nitrogen and oxygen atoms in total. The second-order valence-corrected chi connectivity index (χ2v) is 12.0. The van der Waals surface area contributed by atoms with Gasteiger partial charge in [0.15, 0.2) is 0 Å². The summed E-state index contributed by atoms with van der Waals surface area (Å²) in [5.41, 5.74) is 3.12. The third kappa shape index (κ3) is 7.00. The van der Waals surface area contributed by atoms with Crippen LogP contribution in [0.15, 0.2) is 71.1 Å². The number of esters is 1. The molecule has 0 saturated carbocycles. The van der Waals surface area contributed by atoms with Gasteiger partial charge in [0.05, 0.1) is 17.9 Å². The summed E-state index contributed by atoms with van der Waals surface area (Å²) in [7, 11) is 1.35. The van der Waals surface area contributed by atoms with Crippen LogP contribution >= 0.6 is 23.1 Å². The molecule has 1 aliphatic carbocycles. The Morgan fingerprint density at radius 3 is 2.42 bits per heavy atom. The van der Waals surface area contributed by atoms with Gasteiger partial charge in [0.1, 0.15) is 5.00 Å². The first-order valence-corrected chi connectivity index (χ1v) is 14.4. The van der Waals surface area contributed by atoms with E-state index in [-0.39, 0.29) is 11.5 Å². The number of aliphatic carboxylic acids is 1. The van der Waals surface area contributed by atoms with Crippen molar-refractivity contribution in [3.05, 3.63) is 87.8 Å². The van der Waals surface area contributed by atoms with Gasteiger partial charge in [-0.3, -0.25) is 9.59 Å². The van der Waals surface area contributed by atoms with Gasteiger partial charge in [0.25, 0.3) is 0 Å². The normalized spacial score (nSPS) is 15.5. The van der Waals surface area contributed by atoms with Crippen LogP contribution in [0.3, 0.4) is 0 Å². The predicted molar refractivity (Wildman–Crippen MR) is 157 cm³/mol. The summed E-state index contributed by atoms with van der Waals surface area (Å²) in [6.07, 6.45) is 3.49. The van der Waals surface area contributed by atoms with Gasteiger partial charge in [0, 0.05) is 27.1 Å². The maximum Gasteiger partial charge on any atom is 0.341 e. The van der Waals surface area contributed by atoms with Crippen molar-refractivity contribution in [2.24, 2.45) is 0 Å². The smallest absolute Gasteiger partial charge is 0.341 e. The van der Waals surface area contributed by atoms with E-state index >= 15 is 0 Å². The van der Waals surface area contributed by atoms with Gasteiger partial charge in [-0.25, -0.2) is 9.59 Å². The summed E-state index contributed by atoms with van der Waals surface area (Å²) in [5, 5.41) is 14.5. The maximum atomic E-state index is 13.2. The molecule has 208 valence electrons. The van der Waals surface area contributed by atoms with Crippen LogP contribution in [0.1, 0.15) is 52.5 Å². The number of ether oxygens (including phenoxy) is 1. The molecule has 2 amide bonds.